The maximum Gasteiger partial charge on any atom is 0.116 e. The monoisotopic (exact) mass is 1080 g/mol. The highest BCUT2D eigenvalue weighted by Crippen LogP contribution is 2.55. The molecule has 3 aromatic heterocycles. The van der Waals surface area contributed by atoms with Gasteiger partial charge in [0.1, 0.15) is 22.4 Å². The lowest BCUT2D eigenvalue weighted by Gasteiger charge is -2.38. The summed E-state index contributed by atoms with van der Waals surface area (Å²) in [5.41, 5.74) is 11.8. The van der Waals surface area contributed by atoms with Crippen molar-refractivity contribution in [1.82, 2.24) is 8.75 Å². The van der Waals surface area contributed by atoms with E-state index in [-0.39, 0.29) is 0 Å². The Morgan fingerprint density at radius 3 is 1.18 bits per heavy atom. The lowest BCUT2D eigenvalue weighted by Crippen LogP contribution is -2.26. The van der Waals surface area contributed by atoms with E-state index in [1.807, 2.05) is 12.1 Å². The summed E-state index contributed by atoms with van der Waals surface area (Å²) in [4.78, 5) is 4.56. The molecule has 4 aliphatic carbocycles. The van der Waals surface area contributed by atoms with E-state index in [1.165, 1.54) is 211 Å². The van der Waals surface area contributed by atoms with Crippen molar-refractivity contribution in [2.45, 2.75) is 194 Å². The number of unbranched alkanes of at least 4 members (excludes halogenated alkanes) is 4. The van der Waals surface area contributed by atoms with Crippen molar-refractivity contribution in [1.29, 1.82) is 10.5 Å². The topological polar surface area (TPSA) is 98.1 Å². The third kappa shape index (κ3) is 12.3. The zero-order valence-corrected chi connectivity index (χ0v) is 48.8. The van der Waals surface area contributed by atoms with Gasteiger partial charge >= 0.3 is 0 Å². The molecule has 1 aliphatic heterocycles. The summed E-state index contributed by atoms with van der Waals surface area (Å²) in [6, 6.07) is 26.8. The van der Waals surface area contributed by atoms with Crippen LogP contribution in [0.5, 0.6) is 0 Å². The van der Waals surface area contributed by atoms with Gasteiger partial charge in [0.15, 0.2) is 0 Å². The molecule has 4 heterocycles. The molecule has 0 unspecified atom stereocenters. The second-order valence-electron chi connectivity index (χ2n) is 24.2. The molecule has 76 heavy (non-hydrogen) atoms. The summed E-state index contributed by atoms with van der Waals surface area (Å²) in [6.45, 7) is 4.64. The Morgan fingerprint density at radius 1 is 0.447 bits per heavy atom. The summed E-state index contributed by atoms with van der Waals surface area (Å²) in [5.74, 6) is 7.29. The molecule has 0 bridgehead atoms. The van der Waals surface area contributed by atoms with Crippen LogP contribution in [0, 0.1) is 70.0 Å². The Hall–Kier alpha value is -4.32. The Bertz CT molecular complexity index is 2870. The standard InChI is InChI=1S/C66H80N6S4/c1-3-5-7-9-43-11-21-47(22-12-43)49-25-15-45(16-26-49)19-29-51-39-53(31-33-55(51)41-67)57-35-37-59(73-57)61-63-65(71-75-69-63)62(66-64(61)70-76-72-66)60-38-36-58(74-60)54-32-34-56(42-68)52(40-54)30-20-46-17-27-50(28-18-46)48-23-13-44(14-24-48)10-8-6-4-2/h31-40,43-50H,3-30H2,1-2H3. The summed E-state index contributed by atoms with van der Waals surface area (Å²) in [7, 11) is 0. The fourth-order valence-corrected chi connectivity index (χ4v) is 18.2. The first-order valence-electron chi connectivity index (χ1n) is 30.1. The molecule has 4 saturated carbocycles. The van der Waals surface area contributed by atoms with Gasteiger partial charge < -0.3 is 0 Å². The lowest BCUT2D eigenvalue weighted by molar-refractivity contribution is 0.140. The van der Waals surface area contributed by atoms with Crippen LogP contribution < -0.4 is 0 Å². The van der Waals surface area contributed by atoms with Crippen molar-refractivity contribution >= 4 is 68.2 Å². The normalized spacial score (nSPS) is 24.5. The molecule has 0 radical (unpaired) electrons. The number of aryl methyl sites for hydroxylation is 2. The molecular weight excluding hydrogens is 1010 g/mol. The average Bonchev–Trinajstić information content (AvgIpc) is 4.38. The van der Waals surface area contributed by atoms with Gasteiger partial charge in [-0.05, 0) is 195 Å². The zero-order valence-electron chi connectivity index (χ0n) is 45.5. The van der Waals surface area contributed by atoms with E-state index in [1.54, 1.807) is 22.7 Å². The molecule has 398 valence electrons. The highest BCUT2D eigenvalue weighted by atomic mass is 32.1. The largest absolute Gasteiger partial charge is 0.192 e. The molecule has 3 aromatic carbocycles. The Kier molecular flexibility index (Phi) is 18.1. The number of thiophene rings is 2. The van der Waals surface area contributed by atoms with Gasteiger partial charge in [-0.1, -0.05) is 129 Å². The Labute approximate surface area is 470 Å². The number of aromatic nitrogens is 2. The van der Waals surface area contributed by atoms with E-state index < -0.39 is 0 Å². The number of hydrogen-bond donors (Lipinski definition) is 0. The zero-order chi connectivity index (χ0) is 51.8. The van der Waals surface area contributed by atoms with Gasteiger partial charge in [0, 0.05) is 30.6 Å². The summed E-state index contributed by atoms with van der Waals surface area (Å²) in [5, 5.41) is 20.4. The molecule has 0 saturated heterocycles. The predicted molar refractivity (Wildman–Crippen MR) is 323 cm³/mol. The molecule has 10 heteroatoms. The molecular formula is C66H80N6S4. The van der Waals surface area contributed by atoms with E-state index in [0.29, 0.717) is 0 Å². The maximum absolute atomic E-state index is 10.2. The van der Waals surface area contributed by atoms with Gasteiger partial charge in [-0.15, -0.1) is 22.7 Å². The van der Waals surface area contributed by atoms with Crippen molar-refractivity contribution in [2.75, 3.05) is 0 Å². The van der Waals surface area contributed by atoms with Crippen LogP contribution in [0.2, 0.25) is 0 Å². The summed E-state index contributed by atoms with van der Waals surface area (Å²) < 4.78 is 19.8. The number of rotatable bonds is 20. The molecule has 5 aliphatic rings. The number of fused-ring (bicyclic) bond motifs is 2. The summed E-state index contributed by atoms with van der Waals surface area (Å²) >= 11 is 6.03. The fourth-order valence-electron chi connectivity index (χ4n) is 15.0. The molecule has 0 N–H and O–H groups in total. The fraction of sp³-hybridized carbons (Fsp3) is 0.576. The number of hydrogen-bond acceptors (Lipinski definition) is 9. The first-order chi connectivity index (χ1) is 37.5. The smallest absolute Gasteiger partial charge is 0.116 e. The van der Waals surface area contributed by atoms with E-state index in [2.05, 4.69) is 74.5 Å². The first-order valence-corrected chi connectivity index (χ1v) is 33.2. The van der Waals surface area contributed by atoms with Crippen LogP contribution in [0.3, 0.4) is 0 Å². The summed E-state index contributed by atoms with van der Waals surface area (Å²) in [6.07, 6.45) is 38.3. The van der Waals surface area contributed by atoms with Gasteiger partial charge in [-0.3, -0.25) is 0 Å². The minimum absolute atomic E-state index is 0.759. The number of nitriles is 2. The molecule has 0 amide bonds. The minimum atomic E-state index is 0.759. The van der Waals surface area contributed by atoms with Crippen LogP contribution >= 0.6 is 34.4 Å². The minimum Gasteiger partial charge on any atom is -0.192 e. The molecule has 6 aromatic rings. The van der Waals surface area contributed by atoms with E-state index in [4.69, 9.17) is 17.5 Å². The van der Waals surface area contributed by atoms with Gasteiger partial charge in [-0.2, -0.15) is 28.0 Å². The average molecular weight is 1090 g/mol. The third-order valence-electron chi connectivity index (χ3n) is 19.6. The van der Waals surface area contributed by atoms with Crippen LogP contribution in [0.1, 0.15) is 203 Å². The highest BCUT2D eigenvalue weighted by molar-refractivity contribution is 7.58. The second kappa shape index (κ2) is 25.6. The Balaban J connectivity index is 0.733. The van der Waals surface area contributed by atoms with Gasteiger partial charge in [0.05, 0.1) is 46.3 Å². The molecule has 6 nitrogen and oxygen atoms in total. The van der Waals surface area contributed by atoms with Crippen LogP contribution in [0.15, 0.2) is 69.4 Å². The third-order valence-corrected chi connectivity index (χ3v) is 23.0. The van der Waals surface area contributed by atoms with Crippen molar-refractivity contribution in [3.8, 4) is 53.9 Å². The van der Waals surface area contributed by atoms with Crippen LogP contribution in [-0.2, 0) is 24.2 Å². The van der Waals surface area contributed by atoms with E-state index >= 15 is 0 Å². The van der Waals surface area contributed by atoms with Crippen molar-refractivity contribution in [3.63, 3.8) is 0 Å². The van der Waals surface area contributed by atoms with Gasteiger partial charge in [0.2, 0.25) is 0 Å². The molecule has 4 fully saturated rings. The van der Waals surface area contributed by atoms with Crippen LogP contribution in [0.4, 0.5) is 11.4 Å². The molecule has 0 atom stereocenters. The first kappa shape index (κ1) is 53.7. The SMILES string of the molecule is CCCCCC1CCC(C2CCC(CCc3cc(-c4ccc(-c5c6c(c(-c7ccc(-c8ccc(C#N)c(CCC9CCC(C%10CCC(CCCCC)CC%10)CC9)c8)s7)c7nsnc57)N=S=N6)s4)ccc3C#N)CC2)CC1. The van der Waals surface area contributed by atoms with Gasteiger partial charge in [0.25, 0.3) is 0 Å². The molecule has 0 spiro atoms. The van der Waals surface area contributed by atoms with Crippen LogP contribution in [0.25, 0.3) is 52.8 Å². The van der Waals surface area contributed by atoms with Crippen molar-refractivity contribution in [3.05, 3.63) is 82.9 Å². The van der Waals surface area contributed by atoms with Crippen LogP contribution in [-0.4, -0.2) is 8.75 Å². The van der Waals surface area contributed by atoms with E-state index in [0.717, 1.165) is 126 Å². The van der Waals surface area contributed by atoms with Gasteiger partial charge in [-0.25, -0.2) is 0 Å². The number of benzene rings is 3. The second-order valence-corrected chi connectivity index (χ2v) is 27.4. The molecule has 11 rings (SSSR count). The maximum atomic E-state index is 10.2. The van der Waals surface area contributed by atoms with Crippen molar-refractivity contribution in [2.24, 2.45) is 56.1 Å². The highest BCUT2D eigenvalue weighted by Gasteiger charge is 2.33. The Morgan fingerprint density at radius 2 is 0.816 bits per heavy atom. The quantitative estimate of drug-likeness (QED) is 0.0710. The van der Waals surface area contributed by atoms with Crippen molar-refractivity contribution < 1.29 is 0 Å². The lowest BCUT2D eigenvalue weighted by atomic mass is 9.68. The number of nitrogens with zero attached hydrogens (tertiary/aromatic N) is 6. The predicted octanol–water partition coefficient (Wildman–Crippen LogP) is 21.2. The van der Waals surface area contributed by atoms with E-state index in [9.17, 15) is 10.5 Å².